The molecular formula is C27H47FN2O2Si2. The summed E-state index contributed by atoms with van der Waals surface area (Å²) >= 11 is 0. The number of aromatic nitrogens is 2. The number of hydrogen-bond acceptors (Lipinski definition) is 3. The Balaban J connectivity index is 2.11. The van der Waals surface area contributed by atoms with Crippen LogP contribution >= 0.6 is 0 Å². The van der Waals surface area contributed by atoms with E-state index in [9.17, 15) is 4.39 Å². The Bertz CT molecular complexity index is 852. The first-order valence-electron chi connectivity index (χ1n) is 12.9. The van der Waals surface area contributed by atoms with E-state index >= 15 is 0 Å². The molecule has 0 aliphatic heterocycles. The first-order chi connectivity index (χ1) is 15.9. The van der Waals surface area contributed by atoms with Crippen molar-refractivity contribution >= 4 is 16.4 Å². The van der Waals surface area contributed by atoms with E-state index in [1.165, 1.54) is 12.1 Å². The van der Waals surface area contributed by atoms with Crippen LogP contribution in [0.15, 0.2) is 30.5 Å². The van der Waals surface area contributed by atoms with Gasteiger partial charge in [-0.25, -0.2) is 9.37 Å². The van der Waals surface area contributed by atoms with E-state index in [1.807, 2.05) is 6.20 Å². The fraction of sp³-hybridized carbons (Fsp3) is 0.667. The lowest BCUT2D eigenvalue weighted by atomic mass is 10.2. The Hall–Kier alpha value is -1.29. The third-order valence-corrected chi connectivity index (χ3v) is 14.7. The number of benzene rings is 1. The molecule has 0 unspecified atom stereocenters. The molecule has 0 spiro atoms. The fourth-order valence-corrected chi connectivity index (χ4v) is 11.3. The molecule has 1 aromatic heterocycles. The zero-order chi connectivity index (χ0) is 25.5. The summed E-state index contributed by atoms with van der Waals surface area (Å²) < 4.78 is 28.3. The molecule has 7 heteroatoms. The molecule has 0 saturated heterocycles. The highest BCUT2D eigenvalue weighted by Gasteiger charge is 2.44. The smallest absolute Gasteiger partial charge is 0.200 e. The van der Waals surface area contributed by atoms with Crippen molar-refractivity contribution in [1.82, 2.24) is 9.55 Å². The second kappa shape index (κ2) is 12.6. The molecule has 34 heavy (non-hydrogen) atoms. The molecule has 0 N–H and O–H groups in total. The zero-order valence-electron chi connectivity index (χ0n) is 23.0. The molecule has 0 radical (unpaired) electrons. The highest BCUT2D eigenvalue weighted by Crippen LogP contribution is 2.42. The average molecular weight is 507 g/mol. The van der Waals surface area contributed by atoms with Crippen LogP contribution in [0.5, 0.6) is 0 Å². The molecule has 0 amide bonds. The molecule has 0 atom stereocenters. The van der Waals surface area contributed by atoms with Crippen molar-refractivity contribution in [1.29, 1.82) is 0 Å². The lowest BCUT2D eigenvalue weighted by Crippen LogP contribution is -2.48. The quantitative estimate of drug-likeness (QED) is 0.192. The van der Waals surface area contributed by atoms with Gasteiger partial charge in [-0.2, -0.15) is 0 Å². The molecule has 192 valence electrons. The fourth-order valence-electron chi connectivity index (χ4n) is 5.05. The first kappa shape index (κ1) is 28.9. The Morgan fingerprint density at radius 3 is 2.03 bits per heavy atom. The van der Waals surface area contributed by atoms with Gasteiger partial charge in [0.15, 0.2) is 8.32 Å². The molecule has 4 nitrogen and oxygen atoms in total. The van der Waals surface area contributed by atoms with Crippen molar-refractivity contribution in [3.05, 3.63) is 42.1 Å². The van der Waals surface area contributed by atoms with Crippen molar-refractivity contribution in [3.63, 3.8) is 0 Å². The summed E-state index contributed by atoms with van der Waals surface area (Å²) in [5.74, 6) is 0.769. The van der Waals surface area contributed by atoms with Crippen LogP contribution in [0.25, 0.3) is 11.3 Å². The van der Waals surface area contributed by atoms with Gasteiger partial charge in [-0.3, -0.25) is 0 Å². The van der Waals surface area contributed by atoms with Crippen LogP contribution in [0.2, 0.25) is 42.3 Å². The third-order valence-electron chi connectivity index (χ3n) is 6.83. The third kappa shape index (κ3) is 7.87. The van der Waals surface area contributed by atoms with Gasteiger partial charge < -0.3 is 13.7 Å². The molecule has 2 aromatic rings. The first-order valence-corrected chi connectivity index (χ1v) is 18.7. The Labute approximate surface area is 209 Å². The van der Waals surface area contributed by atoms with Gasteiger partial charge in [-0.05, 0) is 53.4 Å². The van der Waals surface area contributed by atoms with Crippen LogP contribution < -0.4 is 0 Å². The number of ether oxygens (including phenoxy) is 1. The lowest BCUT2D eigenvalue weighted by molar-refractivity contribution is 0.0849. The maximum Gasteiger partial charge on any atom is 0.200 e. The Morgan fingerprint density at radius 2 is 1.50 bits per heavy atom. The topological polar surface area (TPSA) is 36.3 Å². The summed E-state index contributed by atoms with van der Waals surface area (Å²) in [6, 6.07) is 7.69. The van der Waals surface area contributed by atoms with Gasteiger partial charge in [0.2, 0.25) is 0 Å². The van der Waals surface area contributed by atoms with Crippen LogP contribution in [0, 0.1) is 5.82 Å². The van der Waals surface area contributed by atoms with Crippen molar-refractivity contribution in [2.24, 2.45) is 0 Å². The maximum atomic E-state index is 13.4. The van der Waals surface area contributed by atoms with E-state index in [1.54, 1.807) is 12.1 Å². The summed E-state index contributed by atoms with van der Waals surface area (Å²) in [7, 11) is -2.99. The number of aryl methyl sites for hydroxylation is 1. The van der Waals surface area contributed by atoms with Gasteiger partial charge in [0.05, 0.1) is 5.69 Å². The van der Waals surface area contributed by atoms with Crippen LogP contribution in [0.3, 0.4) is 0 Å². The van der Waals surface area contributed by atoms with Gasteiger partial charge in [-0.15, -0.1) is 0 Å². The molecule has 1 aromatic carbocycles. The van der Waals surface area contributed by atoms with Crippen LogP contribution in [-0.2, 0) is 22.3 Å². The van der Waals surface area contributed by atoms with Crippen LogP contribution in [0.4, 0.5) is 4.39 Å². The molecule has 0 bridgehead atoms. The normalized spacial score (nSPS) is 13.0. The number of nitrogens with zero attached hydrogens (tertiary/aromatic N) is 2. The highest BCUT2D eigenvalue weighted by atomic mass is 28.4. The van der Waals surface area contributed by atoms with E-state index in [4.69, 9.17) is 14.1 Å². The zero-order valence-corrected chi connectivity index (χ0v) is 25.0. The predicted octanol–water partition coefficient (Wildman–Crippen LogP) is 8.13. The predicted molar refractivity (Wildman–Crippen MR) is 147 cm³/mol. The minimum Gasteiger partial charge on any atom is -0.416 e. The molecule has 0 saturated carbocycles. The van der Waals surface area contributed by atoms with Gasteiger partial charge in [0.25, 0.3) is 0 Å². The van der Waals surface area contributed by atoms with E-state index in [-0.39, 0.29) is 5.82 Å². The lowest BCUT2D eigenvalue weighted by Gasteiger charge is -2.42. The van der Waals surface area contributed by atoms with Gasteiger partial charge >= 0.3 is 0 Å². The number of rotatable bonds is 14. The van der Waals surface area contributed by atoms with Gasteiger partial charge in [0.1, 0.15) is 18.4 Å². The second-order valence-electron chi connectivity index (χ2n) is 11.6. The van der Waals surface area contributed by atoms with Crippen molar-refractivity contribution in [2.45, 2.75) is 103 Å². The van der Waals surface area contributed by atoms with E-state index < -0.39 is 16.4 Å². The minimum atomic E-state index is -1.86. The molecule has 0 aliphatic carbocycles. The maximum absolute atomic E-state index is 13.4. The summed E-state index contributed by atoms with van der Waals surface area (Å²) in [5, 5.41) is 0. The van der Waals surface area contributed by atoms with Gasteiger partial charge in [0, 0.05) is 39.5 Å². The van der Waals surface area contributed by atoms with Crippen molar-refractivity contribution in [2.75, 3.05) is 13.2 Å². The van der Waals surface area contributed by atoms with Crippen LogP contribution in [0.1, 0.15) is 53.8 Å². The van der Waals surface area contributed by atoms with Crippen LogP contribution in [-0.4, -0.2) is 39.2 Å². The highest BCUT2D eigenvalue weighted by molar-refractivity contribution is 6.77. The summed E-state index contributed by atoms with van der Waals surface area (Å²) in [5.41, 5.74) is 3.53. The van der Waals surface area contributed by atoms with Gasteiger partial charge in [-0.1, -0.05) is 61.2 Å². The second-order valence-corrected chi connectivity index (χ2v) is 22.7. The molecule has 2 rings (SSSR count). The number of halogens is 1. The van der Waals surface area contributed by atoms with Crippen molar-refractivity contribution in [3.8, 4) is 11.3 Å². The van der Waals surface area contributed by atoms with E-state index in [0.717, 1.165) is 49.2 Å². The van der Waals surface area contributed by atoms with E-state index in [2.05, 4.69) is 65.8 Å². The molecule has 1 heterocycles. The summed E-state index contributed by atoms with van der Waals surface area (Å²) in [6.45, 7) is 23.1. The molecular weight excluding hydrogens is 459 g/mol. The Kier molecular flexibility index (Phi) is 10.7. The average Bonchev–Trinajstić information content (AvgIpc) is 3.13. The minimum absolute atomic E-state index is 0.233. The summed E-state index contributed by atoms with van der Waals surface area (Å²) in [4.78, 5) is 4.90. The summed E-state index contributed by atoms with van der Waals surface area (Å²) in [6.07, 6.45) is 3.79. The SMILES string of the molecule is CC(C)[Si](OCCCc1nc(-c2ccc(F)cc2)cn1COCC[Si](C)(C)C)(C(C)C)C(C)C. The standard InChI is InChI=1S/C27H47FN2O2Si2/c1-21(2)34(22(3)4,23(5)6)32-16-10-11-27-29-26(24-12-14-25(28)15-13-24)19-30(27)20-31-17-18-33(7,8)9/h12-15,19,21-23H,10-11,16-18,20H2,1-9H3. The molecule has 0 aliphatic rings. The largest absolute Gasteiger partial charge is 0.416 e. The Morgan fingerprint density at radius 1 is 0.912 bits per heavy atom. The monoisotopic (exact) mass is 506 g/mol. The number of imidazole rings is 1. The van der Waals surface area contributed by atoms with Crippen molar-refractivity contribution < 1.29 is 13.6 Å². The number of hydrogen-bond donors (Lipinski definition) is 0. The molecule has 0 fully saturated rings. The van der Waals surface area contributed by atoms with E-state index in [0.29, 0.717) is 23.4 Å².